The Morgan fingerprint density at radius 1 is 1.29 bits per heavy atom. The predicted molar refractivity (Wildman–Crippen MR) is 68.8 cm³/mol. The summed E-state index contributed by atoms with van der Waals surface area (Å²) >= 11 is 0. The van der Waals surface area contributed by atoms with Crippen molar-refractivity contribution in [3.05, 3.63) is 24.0 Å². The molecular weight excluding hydrogens is 314 g/mol. The Balaban J connectivity index is 0.00000220. The van der Waals surface area contributed by atoms with E-state index in [1.54, 1.807) is 0 Å². The van der Waals surface area contributed by atoms with Crippen LogP contribution in [0.1, 0.15) is 25.7 Å². The van der Waals surface area contributed by atoms with Crippen LogP contribution in [-0.2, 0) is 4.74 Å². The van der Waals surface area contributed by atoms with Crippen LogP contribution in [0.25, 0.3) is 0 Å². The van der Waals surface area contributed by atoms with E-state index < -0.39 is 18.3 Å². The molecule has 2 rings (SSSR count). The fraction of sp³-hybridized carbons (Fsp3) is 0.538. The van der Waals surface area contributed by atoms with E-state index in [1.165, 1.54) is 0 Å². The van der Waals surface area contributed by atoms with Crippen LogP contribution in [0.15, 0.2) is 18.2 Å². The summed E-state index contributed by atoms with van der Waals surface area (Å²) < 4.78 is 61.3. The molecule has 1 aliphatic heterocycles. The van der Waals surface area contributed by atoms with E-state index in [1.807, 2.05) is 0 Å². The molecule has 1 aromatic carbocycles. The first-order chi connectivity index (χ1) is 9.47. The van der Waals surface area contributed by atoms with Gasteiger partial charge in [0.15, 0.2) is 0 Å². The summed E-state index contributed by atoms with van der Waals surface area (Å²) in [5.74, 6) is -1.16. The van der Waals surface area contributed by atoms with Gasteiger partial charge in [0, 0.05) is 12.7 Å². The Bertz CT molecular complexity index is 450. The zero-order valence-corrected chi connectivity index (χ0v) is 15.1. The minimum absolute atomic E-state index is 0. The molecule has 0 aromatic heterocycles. The van der Waals surface area contributed by atoms with Gasteiger partial charge < -0.3 is 22.4 Å². The molecule has 0 radical (unpaired) electrons. The van der Waals surface area contributed by atoms with Crippen molar-refractivity contribution in [1.29, 1.82) is 0 Å². The van der Waals surface area contributed by atoms with Crippen LogP contribution in [0.3, 0.4) is 0 Å². The summed E-state index contributed by atoms with van der Waals surface area (Å²) in [7, 11) is 0. The van der Waals surface area contributed by atoms with Crippen molar-refractivity contribution in [3.8, 4) is 5.75 Å². The third kappa shape index (κ3) is 6.19. The average molecular weight is 330 g/mol. The summed E-state index contributed by atoms with van der Waals surface area (Å²) in [5.41, 5.74) is -1.21. The number of halogens is 4. The van der Waals surface area contributed by atoms with Gasteiger partial charge in [-0.25, -0.2) is 4.39 Å². The van der Waals surface area contributed by atoms with E-state index in [4.69, 9.17) is 9.47 Å². The Labute approximate surface area is 164 Å². The maximum atomic E-state index is 13.3. The van der Waals surface area contributed by atoms with Gasteiger partial charge >= 0.3 is 58.4 Å². The van der Waals surface area contributed by atoms with Crippen LogP contribution in [0.5, 0.6) is 5.75 Å². The molecule has 0 amide bonds. The summed E-state index contributed by atoms with van der Waals surface area (Å²) in [5, 5.41) is 0. The van der Waals surface area contributed by atoms with Gasteiger partial charge in [-0.2, -0.15) is 0 Å². The van der Waals surface area contributed by atoms with Crippen LogP contribution in [-0.4, -0.2) is 26.3 Å². The molecule has 0 N–H and O–H groups in total. The first-order valence-electron chi connectivity index (χ1n) is 6.70. The number of ether oxygens (including phenoxy) is 2. The van der Waals surface area contributed by atoms with E-state index in [0.29, 0.717) is 6.61 Å². The molecule has 1 atom stereocenters. The van der Waals surface area contributed by atoms with Gasteiger partial charge in [-0.15, -0.1) is 0 Å². The van der Waals surface area contributed by atoms with E-state index in [2.05, 4.69) is 0 Å². The van der Waals surface area contributed by atoms with Gasteiger partial charge in [-0.1, -0.05) is 11.5 Å². The number of rotatable bonds is 6. The van der Waals surface area contributed by atoms with Crippen molar-refractivity contribution >= 4 is 12.4 Å². The second kappa shape index (κ2) is 8.88. The largest absolute Gasteiger partial charge is 1.00 e. The van der Waals surface area contributed by atoms with Gasteiger partial charge in [0.25, 0.3) is 0 Å². The molecule has 1 heterocycles. The van der Waals surface area contributed by atoms with E-state index in [9.17, 15) is 17.3 Å². The molecule has 112 valence electrons. The smallest absolute Gasteiger partial charge is 0.493 e. The topological polar surface area (TPSA) is 18.5 Å². The molecule has 0 bridgehead atoms. The predicted octanol–water partition coefficient (Wildman–Crippen LogP) is 0.222. The molecule has 0 aliphatic carbocycles. The monoisotopic (exact) mass is 330 g/mol. The van der Waals surface area contributed by atoms with Crippen LogP contribution >= 0.6 is 0 Å². The summed E-state index contributed by atoms with van der Waals surface area (Å²) in [4.78, 5) is 0. The van der Waals surface area contributed by atoms with Crippen LogP contribution in [0, 0.1) is 5.82 Å². The molecule has 1 saturated heterocycles. The third-order valence-electron chi connectivity index (χ3n) is 3.29. The molecular formula is C13H16BF4KO2. The second-order valence-corrected chi connectivity index (χ2v) is 4.88. The minimum Gasteiger partial charge on any atom is -0.493 e. The van der Waals surface area contributed by atoms with Crippen LogP contribution in [0.4, 0.5) is 17.3 Å². The van der Waals surface area contributed by atoms with Crippen LogP contribution in [0.2, 0.25) is 0 Å². The normalized spacial score (nSPS) is 18.4. The zero-order valence-electron chi connectivity index (χ0n) is 12.0. The Hall–Kier alpha value is 0.401. The quantitative estimate of drug-likeness (QED) is 0.422. The van der Waals surface area contributed by atoms with Crippen molar-refractivity contribution in [2.45, 2.75) is 31.8 Å². The molecule has 21 heavy (non-hydrogen) atoms. The standard InChI is InChI=1S/C13H16BF4O2.K/c15-13-9-11(5-6-12(13)14(16,17)18)20-8-2-4-10-3-1-7-19-10;/h5-6,9-10H,1-4,7-8H2;/q-1;+1. The Morgan fingerprint density at radius 3 is 2.62 bits per heavy atom. The number of hydrogen-bond acceptors (Lipinski definition) is 2. The van der Waals surface area contributed by atoms with Gasteiger partial charge in [-0.3, -0.25) is 0 Å². The summed E-state index contributed by atoms with van der Waals surface area (Å²) in [6, 6.07) is 2.67. The van der Waals surface area contributed by atoms with Crippen molar-refractivity contribution in [1.82, 2.24) is 0 Å². The number of hydrogen-bond donors (Lipinski definition) is 0. The second-order valence-electron chi connectivity index (χ2n) is 4.88. The SMILES string of the molecule is Fc1cc(OCCCC2CCCO2)ccc1[B-](F)(F)F.[K+]. The Kier molecular flexibility index (Phi) is 8.23. The maximum Gasteiger partial charge on any atom is 1.00 e. The fourth-order valence-electron chi connectivity index (χ4n) is 2.24. The van der Waals surface area contributed by atoms with Gasteiger partial charge in [0.2, 0.25) is 0 Å². The average Bonchev–Trinajstić information content (AvgIpc) is 2.86. The van der Waals surface area contributed by atoms with E-state index in [0.717, 1.165) is 50.5 Å². The molecule has 1 aliphatic rings. The van der Waals surface area contributed by atoms with Crippen molar-refractivity contribution in [2.75, 3.05) is 13.2 Å². The summed E-state index contributed by atoms with van der Waals surface area (Å²) in [6.07, 6.45) is 3.95. The van der Waals surface area contributed by atoms with Crippen molar-refractivity contribution < 1.29 is 78.2 Å². The van der Waals surface area contributed by atoms with E-state index >= 15 is 0 Å². The fourth-order valence-corrected chi connectivity index (χ4v) is 2.24. The first kappa shape index (κ1) is 19.4. The molecule has 1 unspecified atom stereocenters. The molecule has 0 saturated carbocycles. The van der Waals surface area contributed by atoms with Gasteiger partial charge in [0.05, 0.1) is 18.5 Å². The first-order valence-corrected chi connectivity index (χ1v) is 6.70. The minimum atomic E-state index is -5.32. The van der Waals surface area contributed by atoms with Gasteiger partial charge in [0.1, 0.15) is 5.75 Å². The zero-order chi connectivity index (χ0) is 14.6. The molecule has 1 aromatic rings. The summed E-state index contributed by atoms with van der Waals surface area (Å²) in [6.45, 7) is -4.19. The van der Waals surface area contributed by atoms with Gasteiger partial charge in [-0.05, 0) is 31.7 Å². The molecule has 8 heteroatoms. The maximum absolute atomic E-state index is 13.3. The van der Waals surface area contributed by atoms with Crippen LogP contribution < -0.4 is 61.6 Å². The molecule has 1 fully saturated rings. The van der Waals surface area contributed by atoms with Crippen molar-refractivity contribution in [2.24, 2.45) is 0 Å². The third-order valence-corrected chi connectivity index (χ3v) is 3.29. The van der Waals surface area contributed by atoms with E-state index in [-0.39, 0.29) is 63.2 Å². The molecule has 0 spiro atoms. The number of benzene rings is 1. The molecule has 2 nitrogen and oxygen atoms in total. The van der Waals surface area contributed by atoms with Crippen molar-refractivity contribution in [3.63, 3.8) is 0 Å². The Morgan fingerprint density at radius 2 is 2.05 bits per heavy atom.